The molecule has 3 rings (SSSR count). The first-order valence-corrected chi connectivity index (χ1v) is 10.3. The van der Waals surface area contributed by atoms with Gasteiger partial charge in [-0.1, -0.05) is 0 Å². The minimum Gasteiger partial charge on any atom is -0.372 e. The first kappa shape index (κ1) is 16.6. The molecule has 5 nitrogen and oxygen atoms in total. The fourth-order valence-electron chi connectivity index (χ4n) is 3.43. The van der Waals surface area contributed by atoms with Gasteiger partial charge in [0.15, 0.2) is 0 Å². The molecule has 128 valence electrons. The van der Waals surface area contributed by atoms with Crippen LogP contribution in [0.5, 0.6) is 0 Å². The first-order valence-electron chi connectivity index (χ1n) is 8.68. The zero-order valence-corrected chi connectivity index (χ0v) is 14.8. The molecular weight excluding hydrogens is 310 g/mol. The van der Waals surface area contributed by atoms with E-state index in [0.29, 0.717) is 13.1 Å². The van der Waals surface area contributed by atoms with Crippen molar-refractivity contribution in [3.63, 3.8) is 0 Å². The van der Waals surface area contributed by atoms with E-state index in [-0.39, 0.29) is 5.75 Å². The summed E-state index contributed by atoms with van der Waals surface area (Å²) in [5.41, 5.74) is 2.50. The second kappa shape index (κ2) is 7.09. The standard InChI is InChI=1S/C17H27N3O2S/c1-2-23(21,22)20-14-12-19(13-15-20)17-8-6-16(7-9-17)18-10-4-3-5-11-18/h6-9H,2-5,10-15H2,1H3. The molecule has 0 aliphatic carbocycles. The smallest absolute Gasteiger partial charge is 0.213 e. The molecule has 0 N–H and O–H groups in total. The van der Waals surface area contributed by atoms with Crippen molar-refractivity contribution >= 4 is 21.4 Å². The van der Waals surface area contributed by atoms with Crippen LogP contribution < -0.4 is 9.80 Å². The summed E-state index contributed by atoms with van der Waals surface area (Å²) in [6, 6.07) is 8.76. The maximum atomic E-state index is 11.9. The van der Waals surface area contributed by atoms with Crippen LogP contribution in [-0.2, 0) is 10.0 Å². The van der Waals surface area contributed by atoms with Crippen molar-refractivity contribution in [3.05, 3.63) is 24.3 Å². The van der Waals surface area contributed by atoms with Gasteiger partial charge in [-0.3, -0.25) is 0 Å². The van der Waals surface area contributed by atoms with Gasteiger partial charge in [-0.05, 0) is 50.5 Å². The molecule has 0 spiro atoms. The third-order valence-corrected chi connectivity index (χ3v) is 6.81. The molecule has 0 radical (unpaired) electrons. The first-order chi connectivity index (χ1) is 11.1. The summed E-state index contributed by atoms with van der Waals surface area (Å²) in [6.07, 6.45) is 3.92. The molecule has 2 fully saturated rings. The molecule has 2 saturated heterocycles. The minimum atomic E-state index is -3.05. The van der Waals surface area contributed by atoms with Crippen LogP contribution in [0.3, 0.4) is 0 Å². The molecule has 0 amide bonds. The van der Waals surface area contributed by atoms with Crippen molar-refractivity contribution in [2.75, 3.05) is 54.8 Å². The lowest BCUT2D eigenvalue weighted by atomic mass is 10.1. The van der Waals surface area contributed by atoms with Crippen molar-refractivity contribution in [2.45, 2.75) is 26.2 Å². The van der Waals surface area contributed by atoms with Crippen molar-refractivity contribution < 1.29 is 8.42 Å². The number of sulfonamides is 1. The molecule has 2 heterocycles. The lowest BCUT2D eigenvalue weighted by molar-refractivity contribution is 0.385. The van der Waals surface area contributed by atoms with Gasteiger partial charge in [0.25, 0.3) is 0 Å². The number of hydrogen-bond acceptors (Lipinski definition) is 4. The average molecular weight is 337 g/mol. The monoisotopic (exact) mass is 337 g/mol. The Hall–Kier alpha value is -1.27. The van der Waals surface area contributed by atoms with Crippen LogP contribution in [0.15, 0.2) is 24.3 Å². The Kier molecular flexibility index (Phi) is 5.11. The Bertz CT molecular complexity index is 601. The maximum Gasteiger partial charge on any atom is 0.213 e. The summed E-state index contributed by atoms with van der Waals surface area (Å²) in [6.45, 7) is 6.74. The van der Waals surface area contributed by atoms with E-state index in [4.69, 9.17) is 0 Å². The van der Waals surface area contributed by atoms with Crippen molar-refractivity contribution in [2.24, 2.45) is 0 Å². The van der Waals surface area contributed by atoms with E-state index in [1.54, 1.807) is 11.2 Å². The predicted octanol–water partition coefficient (Wildman–Crippen LogP) is 2.15. The van der Waals surface area contributed by atoms with Crippen molar-refractivity contribution in [1.82, 2.24) is 4.31 Å². The number of benzene rings is 1. The van der Waals surface area contributed by atoms with Crippen LogP contribution in [0.4, 0.5) is 11.4 Å². The van der Waals surface area contributed by atoms with Gasteiger partial charge in [0.1, 0.15) is 0 Å². The largest absolute Gasteiger partial charge is 0.372 e. The van der Waals surface area contributed by atoms with Gasteiger partial charge in [0.05, 0.1) is 5.75 Å². The van der Waals surface area contributed by atoms with Crippen LogP contribution in [0.2, 0.25) is 0 Å². The highest BCUT2D eigenvalue weighted by atomic mass is 32.2. The summed E-state index contributed by atoms with van der Waals surface area (Å²) in [4.78, 5) is 4.74. The Morgan fingerprint density at radius 2 is 1.26 bits per heavy atom. The van der Waals surface area contributed by atoms with Crippen LogP contribution in [0.25, 0.3) is 0 Å². The Morgan fingerprint density at radius 1 is 0.783 bits per heavy atom. The van der Waals surface area contributed by atoms with Crippen LogP contribution in [-0.4, -0.2) is 57.7 Å². The van der Waals surface area contributed by atoms with E-state index in [1.165, 1.54) is 30.6 Å². The number of rotatable bonds is 4. The Morgan fingerprint density at radius 3 is 1.74 bits per heavy atom. The topological polar surface area (TPSA) is 43.9 Å². The number of piperazine rings is 1. The summed E-state index contributed by atoms with van der Waals surface area (Å²) in [7, 11) is -3.05. The number of anilines is 2. The Balaban J connectivity index is 1.60. The van der Waals surface area contributed by atoms with Gasteiger partial charge >= 0.3 is 0 Å². The van der Waals surface area contributed by atoms with E-state index in [2.05, 4.69) is 34.1 Å². The summed E-state index contributed by atoms with van der Waals surface area (Å²) in [5, 5.41) is 0. The van der Waals surface area contributed by atoms with E-state index in [1.807, 2.05) is 0 Å². The lowest BCUT2D eigenvalue weighted by Crippen LogP contribution is -2.49. The maximum absolute atomic E-state index is 11.9. The molecule has 1 aromatic carbocycles. The number of hydrogen-bond donors (Lipinski definition) is 0. The Labute approximate surface area is 139 Å². The third-order valence-electron chi connectivity index (χ3n) is 4.93. The zero-order chi connectivity index (χ0) is 16.3. The molecule has 0 atom stereocenters. The zero-order valence-electron chi connectivity index (χ0n) is 13.9. The fraction of sp³-hybridized carbons (Fsp3) is 0.647. The van der Waals surface area contributed by atoms with Crippen LogP contribution in [0, 0.1) is 0 Å². The van der Waals surface area contributed by atoms with Gasteiger partial charge < -0.3 is 9.80 Å². The van der Waals surface area contributed by atoms with Crippen molar-refractivity contribution in [1.29, 1.82) is 0 Å². The average Bonchev–Trinajstić information content (AvgIpc) is 2.63. The van der Waals surface area contributed by atoms with E-state index in [9.17, 15) is 8.42 Å². The molecule has 2 aliphatic heterocycles. The summed E-state index contributed by atoms with van der Waals surface area (Å²) < 4.78 is 25.5. The summed E-state index contributed by atoms with van der Waals surface area (Å²) >= 11 is 0. The van der Waals surface area contributed by atoms with Gasteiger partial charge in [-0.15, -0.1) is 0 Å². The molecule has 0 saturated carbocycles. The third kappa shape index (κ3) is 3.80. The van der Waals surface area contributed by atoms with Gasteiger partial charge in [-0.25, -0.2) is 8.42 Å². The normalized spacial score (nSPS) is 20.7. The van der Waals surface area contributed by atoms with E-state index in [0.717, 1.165) is 26.2 Å². The molecule has 0 bridgehead atoms. The van der Waals surface area contributed by atoms with Gasteiger partial charge in [0.2, 0.25) is 10.0 Å². The second-order valence-electron chi connectivity index (χ2n) is 6.35. The highest BCUT2D eigenvalue weighted by Crippen LogP contribution is 2.24. The number of nitrogens with zero attached hydrogens (tertiary/aromatic N) is 3. The van der Waals surface area contributed by atoms with Gasteiger partial charge in [-0.2, -0.15) is 4.31 Å². The van der Waals surface area contributed by atoms with Crippen LogP contribution >= 0.6 is 0 Å². The highest BCUT2D eigenvalue weighted by molar-refractivity contribution is 7.89. The molecule has 1 aromatic rings. The lowest BCUT2D eigenvalue weighted by Gasteiger charge is -2.35. The van der Waals surface area contributed by atoms with Crippen LogP contribution in [0.1, 0.15) is 26.2 Å². The molecule has 0 aromatic heterocycles. The minimum absolute atomic E-state index is 0.192. The molecule has 0 unspecified atom stereocenters. The predicted molar refractivity (Wildman–Crippen MR) is 95.8 cm³/mol. The fourth-order valence-corrected chi connectivity index (χ4v) is 4.52. The second-order valence-corrected chi connectivity index (χ2v) is 8.61. The molecular formula is C17H27N3O2S. The molecule has 2 aliphatic rings. The quantitative estimate of drug-likeness (QED) is 0.844. The molecule has 23 heavy (non-hydrogen) atoms. The van der Waals surface area contributed by atoms with Crippen molar-refractivity contribution in [3.8, 4) is 0 Å². The number of piperidine rings is 1. The van der Waals surface area contributed by atoms with E-state index >= 15 is 0 Å². The van der Waals surface area contributed by atoms with E-state index < -0.39 is 10.0 Å². The van der Waals surface area contributed by atoms with Gasteiger partial charge in [0, 0.05) is 50.6 Å². The SMILES string of the molecule is CCS(=O)(=O)N1CCN(c2ccc(N3CCCCC3)cc2)CC1. The molecule has 6 heteroatoms. The highest BCUT2D eigenvalue weighted by Gasteiger charge is 2.25. The summed E-state index contributed by atoms with van der Waals surface area (Å²) in [5.74, 6) is 0.192.